The summed E-state index contributed by atoms with van der Waals surface area (Å²) in [5.74, 6) is -0.479. The Kier molecular flexibility index (Phi) is 4.57. The summed E-state index contributed by atoms with van der Waals surface area (Å²) in [6, 6.07) is 10.3. The minimum Gasteiger partial charge on any atom is -0.258 e. The zero-order chi connectivity index (χ0) is 14.7. The third kappa shape index (κ3) is 3.26. The van der Waals surface area contributed by atoms with Crippen LogP contribution in [0.2, 0.25) is 5.02 Å². The van der Waals surface area contributed by atoms with E-state index >= 15 is 0 Å². The van der Waals surface area contributed by atoms with Crippen molar-refractivity contribution in [2.75, 3.05) is 0 Å². The van der Waals surface area contributed by atoms with Gasteiger partial charge in [-0.25, -0.2) is 4.39 Å². The van der Waals surface area contributed by atoms with E-state index in [2.05, 4.69) is 0 Å². The van der Waals surface area contributed by atoms with E-state index in [-0.39, 0.29) is 17.7 Å². The standard InChI is InChI=1S/C14H10Cl2FNO2/c15-10-5-6-13(17)11(8-10)12(16)7-9-3-1-2-4-14(9)18(19)20/h1-6,8,12H,7H2. The molecule has 3 nitrogen and oxygen atoms in total. The topological polar surface area (TPSA) is 43.1 Å². The first-order valence-corrected chi connectivity index (χ1v) is 6.62. The molecule has 2 aromatic rings. The van der Waals surface area contributed by atoms with E-state index in [1.54, 1.807) is 18.2 Å². The van der Waals surface area contributed by atoms with Gasteiger partial charge in [-0.2, -0.15) is 0 Å². The van der Waals surface area contributed by atoms with E-state index in [0.29, 0.717) is 10.6 Å². The molecule has 0 aliphatic rings. The number of alkyl halides is 1. The summed E-state index contributed by atoms with van der Waals surface area (Å²) in [7, 11) is 0. The van der Waals surface area contributed by atoms with Crippen molar-refractivity contribution in [1.82, 2.24) is 0 Å². The number of rotatable bonds is 4. The normalized spacial score (nSPS) is 12.2. The molecule has 20 heavy (non-hydrogen) atoms. The van der Waals surface area contributed by atoms with Gasteiger partial charge < -0.3 is 0 Å². The lowest BCUT2D eigenvalue weighted by atomic mass is 10.0. The molecule has 1 atom stereocenters. The smallest absolute Gasteiger partial charge is 0.258 e. The molecule has 1 unspecified atom stereocenters. The number of hydrogen-bond acceptors (Lipinski definition) is 2. The van der Waals surface area contributed by atoms with Crippen molar-refractivity contribution in [2.45, 2.75) is 11.8 Å². The van der Waals surface area contributed by atoms with Gasteiger partial charge in [0, 0.05) is 22.2 Å². The highest BCUT2D eigenvalue weighted by molar-refractivity contribution is 6.30. The zero-order valence-corrected chi connectivity index (χ0v) is 11.7. The van der Waals surface area contributed by atoms with Crippen LogP contribution >= 0.6 is 23.2 Å². The molecule has 2 aromatic carbocycles. The SMILES string of the molecule is O=[N+]([O-])c1ccccc1CC(Cl)c1cc(Cl)ccc1F. The maximum Gasteiger partial charge on any atom is 0.272 e. The summed E-state index contributed by atoms with van der Waals surface area (Å²) in [6.45, 7) is 0. The molecule has 0 amide bonds. The molecule has 6 heteroatoms. The first-order chi connectivity index (χ1) is 9.49. The summed E-state index contributed by atoms with van der Waals surface area (Å²) in [4.78, 5) is 10.4. The van der Waals surface area contributed by atoms with E-state index in [1.807, 2.05) is 0 Å². The molecule has 0 aliphatic carbocycles. The third-order valence-electron chi connectivity index (χ3n) is 2.88. The molecule has 0 saturated heterocycles. The van der Waals surface area contributed by atoms with E-state index in [9.17, 15) is 14.5 Å². The van der Waals surface area contributed by atoms with Crippen molar-refractivity contribution in [3.63, 3.8) is 0 Å². The largest absolute Gasteiger partial charge is 0.272 e. The van der Waals surface area contributed by atoms with Crippen molar-refractivity contribution in [3.05, 3.63) is 74.5 Å². The highest BCUT2D eigenvalue weighted by Crippen LogP contribution is 2.31. The Labute approximate surface area is 125 Å². The second kappa shape index (κ2) is 6.20. The fourth-order valence-electron chi connectivity index (χ4n) is 1.92. The Balaban J connectivity index is 2.30. The Morgan fingerprint density at radius 1 is 1.25 bits per heavy atom. The molecule has 0 radical (unpaired) electrons. The lowest BCUT2D eigenvalue weighted by Gasteiger charge is -2.11. The van der Waals surface area contributed by atoms with Crippen molar-refractivity contribution in [1.29, 1.82) is 0 Å². The fourth-order valence-corrected chi connectivity index (χ4v) is 2.43. The maximum absolute atomic E-state index is 13.7. The quantitative estimate of drug-likeness (QED) is 0.457. The summed E-state index contributed by atoms with van der Waals surface area (Å²) in [5.41, 5.74) is 0.662. The van der Waals surface area contributed by atoms with Gasteiger partial charge in [0.1, 0.15) is 5.82 Å². The number of nitrogens with zero attached hydrogens (tertiary/aromatic N) is 1. The van der Waals surface area contributed by atoms with E-state index in [4.69, 9.17) is 23.2 Å². The van der Waals surface area contributed by atoms with Gasteiger partial charge in [-0.05, 0) is 24.6 Å². The monoisotopic (exact) mass is 313 g/mol. The van der Waals surface area contributed by atoms with E-state index < -0.39 is 16.1 Å². The van der Waals surface area contributed by atoms with Crippen LogP contribution in [0, 0.1) is 15.9 Å². The molecule has 104 valence electrons. The van der Waals surface area contributed by atoms with Gasteiger partial charge in [0.05, 0.1) is 10.3 Å². The maximum atomic E-state index is 13.7. The zero-order valence-electron chi connectivity index (χ0n) is 10.2. The van der Waals surface area contributed by atoms with Crippen LogP contribution in [-0.2, 0) is 6.42 Å². The number of nitro groups is 1. The van der Waals surface area contributed by atoms with Gasteiger partial charge in [-0.15, -0.1) is 11.6 Å². The van der Waals surface area contributed by atoms with Crippen LogP contribution in [0.15, 0.2) is 42.5 Å². The fraction of sp³-hybridized carbons (Fsp3) is 0.143. The summed E-state index contributed by atoms with van der Waals surface area (Å²) >= 11 is 12.0. The van der Waals surface area contributed by atoms with Gasteiger partial charge in [-0.1, -0.05) is 29.8 Å². The lowest BCUT2D eigenvalue weighted by molar-refractivity contribution is -0.385. The molecule has 0 saturated carbocycles. The van der Waals surface area contributed by atoms with Crippen LogP contribution in [0.3, 0.4) is 0 Å². The van der Waals surface area contributed by atoms with Crippen molar-refractivity contribution in [2.24, 2.45) is 0 Å². The average molecular weight is 314 g/mol. The van der Waals surface area contributed by atoms with Gasteiger partial charge in [-0.3, -0.25) is 10.1 Å². The second-order valence-electron chi connectivity index (χ2n) is 4.22. The first-order valence-electron chi connectivity index (χ1n) is 5.80. The van der Waals surface area contributed by atoms with Crippen LogP contribution in [0.5, 0.6) is 0 Å². The Hall–Kier alpha value is -1.65. The minimum absolute atomic E-state index is 0.0272. The molecule has 0 N–H and O–H groups in total. The number of halogens is 3. The van der Waals surface area contributed by atoms with Crippen molar-refractivity contribution >= 4 is 28.9 Å². The number of nitro benzene ring substituents is 1. The number of hydrogen-bond donors (Lipinski definition) is 0. The molecule has 0 aromatic heterocycles. The van der Waals surface area contributed by atoms with Gasteiger partial charge in [0.15, 0.2) is 0 Å². The summed E-state index contributed by atoms with van der Waals surface area (Å²) in [6.07, 6.45) is 0.149. The Bertz CT molecular complexity index is 649. The minimum atomic E-state index is -0.727. The molecular formula is C14H10Cl2FNO2. The Morgan fingerprint density at radius 2 is 1.95 bits per heavy atom. The molecule has 0 heterocycles. The van der Waals surface area contributed by atoms with Crippen molar-refractivity contribution in [3.8, 4) is 0 Å². The first kappa shape index (κ1) is 14.8. The molecule has 0 bridgehead atoms. The molecule has 0 aliphatic heterocycles. The summed E-state index contributed by atoms with van der Waals surface area (Å²) < 4.78 is 13.7. The predicted molar refractivity (Wildman–Crippen MR) is 76.8 cm³/mol. The average Bonchev–Trinajstić information content (AvgIpc) is 2.41. The van der Waals surface area contributed by atoms with Gasteiger partial charge >= 0.3 is 0 Å². The van der Waals surface area contributed by atoms with E-state index in [0.717, 1.165) is 0 Å². The second-order valence-corrected chi connectivity index (χ2v) is 5.19. The molecule has 0 fully saturated rings. The lowest BCUT2D eigenvalue weighted by Crippen LogP contribution is -2.02. The number of para-hydroxylation sites is 1. The van der Waals surface area contributed by atoms with Crippen LogP contribution in [0.25, 0.3) is 0 Å². The highest BCUT2D eigenvalue weighted by Gasteiger charge is 2.19. The van der Waals surface area contributed by atoms with Crippen LogP contribution in [0.1, 0.15) is 16.5 Å². The summed E-state index contributed by atoms with van der Waals surface area (Å²) in [5, 5.41) is 10.6. The van der Waals surface area contributed by atoms with Crippen LogP contribution in [-0.4, -0.2) is 4.92 Å². The van der Waals surface area contributed by atoms with Crippen LogP contribution in [0.4, 0.5) is 10.1 Å². The molecule has 0 spiro atoms. The number of benzene rings is 2. The predicted octanol–water partition coefficient (Wildman–Crippen LogP) is 4.91. The molecule has 2 rings (SSSR count). The van der Waals surface area contributed by atoms with Gasteiger partial charge in [0.25, 0.3) is 5.69 Å². The van der Waals surface area contributed by atoms with Crippen LogP contribution < -0.4 is 0 Å². The highest BCUT2D eigenvalue weighted by atomic mass is 35.5. The molecular weight excluding hydrogens is 304 g/mol. The third-order valence-corrected chi connectivity index (χ3v) is 3.51. The van der Waals surface area contributed by atoms with Crippen molar-refractivity contribution < 1.29 is 9.31 Å². The van der Waals surface area contributed by atoms with Gasteiger partial charge in [0.2, 0.25) is 0 Å². The van der Waals surface area contributed by atoms with E-state index in [1.165, 1.54) is 24.3 Å². The Morgan fingerprint density at radius 3 is 2.65 bits per heavy atom.